The molecular weight excluding hydrogens is 282 g/mol. The number of hydrogen-bond acceptors (Lipinski definition) is 3. The summed E-state index contributed by atoms with van der Waals surface area (Å²) in [4.78, 5) is 12.1. The van der Waals surface area contributed by atoms with Gasteiger partial charge < -0.3 is 16.0 Å². The fraction of sp³-hybridized carbons (Fsp3) is 0.417. The number of nitrogens with two attached hydrogens (primary N) is 2. The third-order valence-electron chi connectivity index (χ3n) is 2.63. The summed E-state index contributed by atoms with van der Waals surface area (Å²) in [6.07, 6.45) is 0. The molecule has 0 spiro atoms. The Balaban J connectivity index is 2.80. The molecule has 17 heavy (non-hydrogen) atoms. The number of carbonyl (C=O) groups excluding carboxylic acids is 1. The number of carbonyl (C=O) groups is 1. The molecule has 4 N–H and O–H groups in total. The number of benzene rings is 1. The Morgan fingerprint density at radius 1 is 1.41 bits per heavy atom. The van der Waals surface area contributed by atoms with Crippen LogP contribution in [0.3, 0.4) is 0 Å². The Morgan fingerprint density at radius 3 is 2.59 bits per heavy atom. The molecule has 1 aromatic carbocycles. The van der Waals surface area contributed by atoms with Crippen LogP contribution in [0.2, 0.25) is 0 Å². The number of nitrogens with zero attached hydrogens (tertiary/aromatic N) is 1. The van der Waals surface area contributed by atoms with Gasteiger partial charge in [-0.3, -0.25) is 4.79 Å². The third-order valence-corrected chi connectivity index (χ3v) is 3.32. The van der Waals surface area contributed by atoms with Crippen LogP contribution in [-0.4, -0.2) is 44.0 Å². The van der Waals surface area contributed by atoms with Gasteiger partial charge in [0.05, 0.1) is 20.6 Å². The quantitative estimate of drug-likeness (QED) is 0.488. The summed E-state index contributed by atoms with van der Waals surface area (Å²) in [6, 6.07) is 5.26. The van der Waals surface area contributed by atoms with Crippen molar-refractivity contribution in [1.29, 1.82) is 0 Å². The van der Waals surface area contributed by atoms with E-state index in [0.29, 0.717) is 28.8 Å². The first kappa shape index (κ1) is 14.2. The van der Waals surface area contributed by atoms with Crippen molar-refractivity contribution in [2.45, 2.75) is 0 Å². The summed E-state index contributed by atoms with van der Waals surface area (Å²) in [7, 11) is 3.99. The highest BCUT2D eigenvalue weighted by molar-refractivity contribution is 9.10. The molecule has 5 heteroatoms. The third kappa shape index (κ3) is 4.11. The van der Waals surface area contributed by atoms with E-state index in [2.05, 4.69) is 15.9 Å². The Morgan fingerprint density at radius 2 is 2.06 bits per heavy atom. The molecule has 1 rings (SSSR count). The van der Waals surface area contributed by atoms with E-state index >= 15 is 0 Å². The Labute approximate surface area is 110 Å². The van der Waals surface area contributed by atoms with Crippen molar-refractivity contribution >= 4 is 27.4 Å². The Kier molecular flexibility index (Phi) is 4.68. The molecule has 0 aliphatic carbocycles. The van der Waals surface area contributed by atoms with E-state index in [4.69, 9.17) is 11.5 Å². The second-order valence-electron chi connectivity index (χ2n) is 4.77. The number of likely N-dealkylation sites (N-methyl/N-ethyl adjacent to an activating group) is 1. The lowest BCUT2D eigenvalue weighted by atomic mass is 10.1. The molecule has 0 saturated heterocycles. The average molecular weight is 301 g/mol. The number of Topliss-reactive ketones (excluding diaryl/α,β-unsaturated/α-hetero) is 1. The van der Waals surface area contributed by atoms with Gasteiger partial charge in [0.15, 0.2) is 0 Å². The molecule has 94 valence electrons. The smallest absolute Gasteiger partial charge is 0.216 e. The van der Waals surface area contributed by atoms with Crippen LogP contribution in [0.25, 0.3) is 0 Å². The number of ketones is 1. The van der Waals surface area contributed by atoms with Crippen molar-refractivity contribution in [2.24, 2.45) is 5.73 Å². The molecule has 0 aliphatic heterocycles. The van der Waals surface area contributed by atoms with Gasteiger partial charge >= 0.3 is 0 Å². The van der Waals surface area contributed by atoms with Gasteiger partial charge in [-0.25, -0.2) is 0 Å². The lowest BCUT2D eigenvalue weighted by Gasteiger charge is -2.28. The highest BCUT2D eigenvalue weighted by atomic mass is 79.9. The van der Waals surface area contributed by atoms with Gasteiger partial charge in [0.1, 0.15) is 6.54 Å². The molecule has 0 aromatic heterocycles. The van der Waals surface area contributed by atoms with Crippen molar-refractivity contribution in [1.82, 2.24) is 0 Å². The number of anilines is 1. The number of nitrogen functional groups attached to an aromatic ring is 1. The van der Waals surface area contributed by atoms with E-state index in [1.807, 2.05) is 14.1 Å². The van der Waals surface area contributed by atoms with E-state index in [1.165, 1.54) is 0 Å². The first-order chi connectivity index (χ1) is 7.85. The minimum Gasteiger partial charge on any atom is -0.398 e. The molecule has 1 aromatic rings. The Hall–Kier alpha value is -0.910. The topological polar surface area (TPSA) is 69.1 Å². The lowest BCUT2D eigenvalue weighted by Crippen LogP contribution is -2.46. The lowest BCUT2D eigenvalue weighted by molar-refractivity contribution is -0.880. The van der Waals surface area contributed by atoms with Gasteiger partial charge in [-0.1, -0.05) is 0 Å². The second kappa shape index (κ2) is 5.62. The largest absolute Gasteiger partial charge is 0.398 e. The second-order valence-corrected chi connectivity index (χ2v) is 5.62. The molecule has 0 bridgehead atoms. The summed E-state index contributed by atoms with van der Waals surface area (Å²) in [5.41, 5.74) is 12.5. The summed E-state index contributed by atoms with van der Waals surface area (Å²) in [6.45, 7) is 1.79. The van der Waals surface area contributed by atoms with Crippen LogP contribution in [0.5, 0.6) is 0 Å². The predicted molar refractivity (Wildman–Crippen MR) is 73.8 cm³/mol. The van der Waals surface area contributed by atoms with E-state index in [1.54, 1.807) is 18.2 Å². The summed E-state index contributed by atoms with van der Waals surface area (Å²) in [5.74, 6) is 0.101. The molecule has 0 saturated carbocycles. The van der Waals surface area contributed by atoms with Crippen LogP contribution in [0.1, 0.15) is 10.4 Å². The monoisotopic (exact) mass is 300 g/mol. The molecule has 0 aliphatic rings. The highest BCUT2D eigenvalue weighted by Gasteiger charge is 2.20. The molecule has 0 heterocycles. The van der Waals surface area contributed by atoms with Crippen LogP contribution in [0, 0.1) is 0 Å². The van der Waals surface area contributed by atoms with Crippen LogP contribution < -0.4 is 11.5 Å². The van der Waals surface area contributed by atoms with Crippen molar-refractivity contribution in [3.63, 3.8) is 0 Å². The number of halogens is 1. The SMILES string of the molecule is C[N+](C)(CCN)CC(=O)c1ccc(N)c(Br)c1. The summed E-state index contributed by atoms with van der Waals surface area (Å²) in [5, 5.41) is 0. The number of rotatable bonds is 5. The molecule has 0 radical (unpaired) electrons. The fourth-order valence-electron chi connectivity index (χ4n) is 1.61. The minimum absolute atomic E-state index is 0.101. The zero-order valence-corrected chi connectivity index (χ0v) is 11.8. The zero-order valence-electron chi connectivity index (χ0n) is 10.2. The first-order valence-corrected chi connectivity index (χ1v) is 6.25. The standard InChI is InChI=1S/C12H18BrN3O/c1-16(2,6-5-14)8-12(17)9-3-4-11(15)10(13)7-9/h3-4,7H,5-6,8,14H2,1-2H3,(H-,15,17)/p+1. The number of hydrogen-bond donors (Lipinski definition) is 2. The highest BCUT2D eigenvalue weighted by Crippen LogP contribution is 2.21. The van der Waals surface area contributed by atoms with E-state index in [0.717, 1.165) is 11.0 Å². The molecule has 0 unspecified atom stereocenters. The van der Waals surface area contributed by atoms with Gasteiger partial charge in [0.2, 0.25) is 5.78 Å². The normalized spacial score (nSPS) is 11.5. The van der Waals surface area contributed by atoms with Gasteiger partial charge in [-0.15, -0.1) is 0 Å². The molecule has 4 nitrogen and oxygen atoms in total. The van der Waals surface area contributed by atoms with E-state index in [9.17, 15) is 4.79 Å². The summed E-state index contributed by atoms with van der Waals surface area (Å²) < 4.78 is 1.35. The fourth-order valence-corrected chi connectivity index (χ4v) is 1.99. The van der Waals surface area contributed by atoms with Crippen LogP contribution in [0.4, 0.5) is 5.69 Å². The minimum atomic E-state index is 0.101. The van der Waals surface area contributed by atoms with E-state index in [-0.39, 0.29) is 5.78 Å². The van der Waals surface area contributed by atoms with Crippen LogP contribution in [-0.2, 0) is 0 Å². The maximum atomic E-state index is 12.1. The van der Waals surface area contributed by atoms with Crippen molar-refractivity contribution in [3.8, 4) is 0 Å². The van der Waals surface area contributed by atoms with Crippen LogP contribution >= 0.6 is 15.9 Å². The Bertz CT molecular complexity index is 418. The van der Waals surface area contributed by atoms with Gasteiger partial charge in [0.25, 0.3) is 0 Å². The van der Waals surface area contributed by atoms with Crippen molar-refractivity contribution in [3.05, 3.63) is 28.2 Å². The van der Waals surface area contributed by atoms with Crippen molar-refractivity contribution in [2.75, 3.05) is 39.5 Å². The van der Waals surface area contributed by atoms with Gasteiger partial charge in [-0.2, -0.15) is 0 Å². The molecular formula is C12H19BrN3O+. The van der Waals surface area contributed by atoms with Gasteiger partial charge in [0, 0.05) is 22.3 Å². The molecule has 0 fully saturated rings. The van der Waals surface area contributed by atoms with E-state index < -0.39 is 0 Å². The predicted octanol–water partition coefficient (Wildman–Crippen LogP) is 1.25. The molecule has 0 amide bonds. The first-order valence-electron chi connectivity index (χ1n) is 5.46. The number of quaternary nitrogens is 1. The van der Waals surface area contributed by atoms with Gasteiger partial charge in [-0.05, 0) is 34.1 Å². The summed E-state index contributed by atoms with van der Waals surface area (Å²) >= 11 is 3.32. The zero-order chi connectivity index (χ0) is 13.1. The van der Waals surface area contributed by atoms with Crippen molar-refractivity contribution < 1.29 is 9.28 Å². The van der Waals surface area contributed by atoms with Crippen LogP contribution in [0.15, 0.2) is 22.7 Å². The maximum absolute atomic E-state index is 12.1. The maximum Gasteiger partial charge on any atom is 0.216 e. The molecule has 0 atom stereocenters. The average Bonchev–Trinajstić information content (AvgIpc) is 2.21.